The summed E-state index contributed by atoms with van der Waals surface area (Å²) < 4.78 is 6.27. The van der Waals surface area contributed by atoms with Crippen LogP contribution >= 0.6 is 12.2 Å². The lowest BCUT2D eigenvalue weighted by atomic mass is 10.8. The molecule has 0 rings (SSSR count). The third-order valence-corrected chi connectivity index (χ3v) is 0. The molecule has 0 aliphatic rings. The zero-order chi connectivity index (χ0) is 4.28. The van der Waals surface area contributed by atoms with Crippen LogP contribution in [0.25, 0.3) is 0 Å². The minimum atomic E-state index is 0.505. The van der Waals surface area contributed by atoms with Gasteiger partial charge < -0.3 is 5.73 Å². The van der Waals surface area contributed by atoms with Crippen molar-refractivity contribution in [3.63, 3.8) is 0 Å². The van der Waals surface area contributed by atoms with Crippen molar-refractivity contribution in [1.29, 1.82) is 0 Å². The summed E-state index contributed by atoms with van der Waals surface area (Å²) in [5.41, 5.74) is 2.01. The van der Waals surface area contributed by atoms with E-state index in [1.807, 2.05) is 5.73 Å². The van der Waals surface area contributed by atoms with Gasteiger partial charge in [0.05, 0.1) is 4.99 Å². The smallest absolute Gasteiger partial charge is 0.157 e. The van der Waals surface area contributed by atoms with E-state index in [-0.39, 0.29) is 0 Å². The van der Waals surface area contributed by atoms with Gasteiger partial charge in [-0.2, -0.15) is 0 Å². The second-order valence-corrected chi connectivity index (χ2v) is 1.17. The molecule has 0 spiro atoms. The van der Waals surface area contributed by atoms with Crippen LogP contribution in [0.3, 0.4) is 0 Å². The second kappa shape index (κ2) is 1.24. The number of nitrogens with two attached hydrogens (primary N) is 1. The van der Waals surface area contributed by atoms with Crippen molar-refractivity contribution in [3.8, 4) is 0 Å². The van der Waals surface area contributed by atoms with Gasteiger partial charge >= 0.3 is 0 Å². The second-order valence-electron chi connectivity index (χ2n) is 0.556. The molecular weight excluding hydrogens is 70.1 g/mol. The zero-order valence-electron chi connectivity index (χ0n) is 3.41. The molecule has 2 N–H and O–H groups in total. The standard InChI is InChI=1S/C2H5NS/c1-2(3)4/h1H3,(H2,3,4)/i/hD. The SMILES string of the molecule is [2H]NC(C)=S. The summed E-state index contributed by atoms with van der Waals surface area (Å²) in [6.07, 6.45) is 0. The Hall–Kier alpha value is -0.110. The molecule has 1 nitrogen and oxygen atoms in total. The highest BCUT2D eigenvalue weighted by Crippen LogP contribution is 1.48. The van der Waals surface area contributed by atoms with Crippen molar-refractivity contribution in [2.24, 2.45) is 5.73 Å². The van der Waals surface area contributed by atoms with Crippen LogP contribution in [0.4, 0.5) is 0 Å². The molecule has 0 aromatic rings. The number of thiocarbonyl (C=S) groups is 1. The van der Waals surface area contributed by atoms with Gasteiger partial charge in [0.1, 0.15) is 0 Å². The third-order valence-electron chi connectivity index (χ3n) is 0. The lowest BCUT2D eigenvalue weighted by molar-refractivity contribution is 1.73. The van der Waals surface area contributed by atoms with Gasteiger partial charge in [-0.3, -0.25) is 0 Å². The average molecular weight is 76.1 g/mol. The first-order chi connectivity index (χ1) is 2.27. The van der Waals surface area contributed by atoms with Gasteiger partial charge in [-0.05, 0) is 6.92 Å². The van der Waals surface area contributed by atoms with Crippen molar-refractivity contribution in [2.45, 2.75) is 6.92 Å². The van der Waals surface area contributed by atoms with Crippen LogP contribution < -0.4 is 5.73 Å². The summed E-state index contributed by atoms with van der Waals surface area (Å²) in [4.78, 5) is 0.505. The van der Waals surface area contributed by atoms with E-state index in [2.05, 4.69) is 12.2 Å². The fourth-order valence-electron chi connectivity index (χ4n) is 0. The maximum Gasteiger partial charge on any atom is 0.157 e. The topological polar surface area (TPSA) is 26.0 Å². The lowest BCUT2D eigenvalue weighted by Crippen LogP contribution is -1.98. The highest BCUT2D eigenvalue weighted by molar-refractivity contribution is 7.80. The summed E-state index contributed by atoms with van der Waals surface area (Å²) in [7, 11) is 0. The minimum Gasteiger partial charge on any atom is -0.394 e. The van der Waals surface area contributed by atoms with Crippen LogP contribution in [-0.2, 0) is 0 Å². The Balaban J connectivity index is 2.85. The maximum absolute atomic E-state index is 6.27. The Morgan fingerprint density at radius 1 is 2.50 bits per heavy atom. The fourth-order valence-corrected chi connectivity index (χ4v) is 0. The first-order valence-corrected chi connectivity index (χ1v) is 1.36. The van der Waals surface area contributed by atoms with Crippen LogP contribution in [0, 0.1) is 0 Å². The molecule has 0 heterocycles. The molecule has 0 fully saturated rings. The molecule has 4 heavy (non-hydrogen) atoms. The van der Waals surface area contributed by atoms with Gasteiger partial charge in [0, 0.05) is 0 Å². The van der Waals surface area contributed by atoms with E-state index < -0.39 is 0 Å². The molecule has 24 valence electrons. The van der Waals surface area contributed by atoms with Gasteiger partial charge in [0.25, 0.3) is 0 Å². The largest absolute Gasteiger partial charge is 0.394 e. The van der Waals surface area contributed by atoms with Crippen molar-refractivity contribution in [1.82, 2.24) is 0 Å². The quantitative estimate of drug-likeness (QED) is 0.420. The molecule has 0 aromatic carbocycles. The summed E-state index contributed by atoms with van der Waals surface area (Å²) in [5.74, 6) is 0. The average Bonchev–Trinajstić information content (AvgIpc) is 1.38. The molecule has 0 aliphatic heterocycles. The lowest BCUT2D eigenvalue weighted by Gasteiger charge is -1.65. The number of hydrogen-bond donors (Lipinski definition) is 1. The molecule has 0 atom stereocenters. The highest BCUT2D eigenvalue weighted by Gasteiger charge is 1.54. The molecule has 0 bridgehead atoms. The molecule has 2 heteroatoms. The van der Waals surface area contributed by atoms with Gasteiger partial charge in [-0.25, -0.2) is 0 Å². The van der Waals surface area contributed by atoms with Crippen LogP contribution in [0.5, 0.6) is 0 Å². The van der Waals surface area contributed by atoms with E-state index >= 15 is 0 Å². The summed E-state index contributed by atoms with van der Waals surface area (Å²) in [6, 6.07) is 0. The van der Waals surface area contributed by atoms with E-state index in [1.54, 1.807) is 6.92 Å². The Bertz CT molecular complexity index is 44.9. The van der Waals surface area contributed by atoms with E-state index in [4.69, 9.17) is 1.41 Å². The Morgan fingerprint density at radius 3 is 2.75 bits per heavy atom. The Kier molecular flexibility index (Phi) is 0.663. The highest BCUT2D eigenvalue weighted by atomic mass is 32.1. The van der Waals surface area contributed by atoms with Crippen molar-refractivity contribution >= 4 is 17.2 Å². The van der Waals surface area contributed by atoms with Gasteiger partial charge in [0.15, 0.2) is 1.41 Å². The molecule has 0 saturated carbocycles. The predicted octanol–water partition coefficient (Wildman–Crippen LogP) is 0.292. The van der Waals surface area contributed by atoms with Gasteiger partial charge in [-0.1, -0.05) is 12.2 Å². The first kappa shape index (κ1) is 2.15. The number of hydrogen-bond acceptors (Lipinski definition) is 1. The van der Waals surface area contributed by atoms with Crippen LogP contribution in [0.2, 0.25) is 1.41 Å². The van der Waals surface area contributed by atoms with E-state index in [0.717, 1.165) is 0 Å². The molecule has 0 aliphatic carbocycles. The summed E-state index contributed by atoms with van der Waals surface area (Å²) >= 11 is 4.40. The monoisotopic (exact) mass is 76.0 g/mol. The first-order valence-electron chi connectivity index (χ1n) is 1.45. The van der Waals surface area contributed by atoms with E-state index in [0.29, 0.717) is 4.99 Å². The predicted molar refractivity (Wildman–Crippen MR) is 22.5 cm³/mol. The molecule has 0 saturated heterocycles. The molecule has 0 amide bonds. The van der Waals surface area contributed by atoms with Crippen molar-refractivity contribution in [3.05, 3.63) is 0 Å². The van der Waals surface area contributed by atoms with Crippen molar-refractivity contribution < 1.29 is 1.41 Å². The van der Waals surface area contributed by atoms with Gasteiger partial charge in [-0.15, -0.1) is 0 Å². The molecule has 0 radical (unpaired) electrons. The maximum atomic E-state index is 6.27. The van der Waals surface area contributed by atoms with E-state index in [1.165, 1.54) is 0 Å². The zero-order valence-corrected chi connectivity index (χ0v) is 3.22. The Morgan fingerprint density at radius 2 is 2.75 bits per heavy atom. The third kappa shape index (κ3) is 124. The van der Waals surface area contributed by atoms with E-state index in [9.17, 15) is 0 Å². The fraction of sp³-hybridized carbons (Fsp3) is 0.500. The van der Waals surface area contributed by atoms with Crippen LogP contribution in [-0.4, -0.2) is 4.99 Å². The normalized spacial score (nSPS) is 8.75. The van der Waals surface area contributed by atoms with Crippen LogP contribution in [0.1, 0.15) is 6.92 Å². The minimum absolute atomic E-state index is 0.505. The molecule has 0 aromatic heterocycles. The Labute approximate surface area is 32.3 Å². The van der Waals surface area contributed by atoms with Gasteiger partial charge in [0.2, 0.25) is 0 Å². The number of rotatable bonds is 0. The van der Waals surface area contributed by atoms with Crippen LogP contribution in [0.15, 0.2) is 0 Å². The van der Waals surface area contributed by atoms with Crippen molar-refractivity contribution in [2.75, 3.05) is 0 Å². The summed E-state index contributed by atoms with van der Waals surface area (Å²) in [5, 5.41) is 0. The molecule has 0 unspecified atom stereocenters. The summed E-state index contributed by atoms with van der Waals surface area (Å²) in [6.45, 7) is 1.66. The molecular formula is C2H5NS.